The minimum absolute atomic E-state index is 0.0720. The number of halogens is 1. The number of aromatic nitrogens is 3. The van der Waals surface area contributed by atoms with E-state index >= 15 is 0 Å². The minimum atomic E-state index is -3.30. The van der Waals surface area contributed by atoms with Crippen molar-refractivity contribution in [2.24, 2.45) is 0 Å². The van der Waals surface area contributed by atoms with Crippen molar-refractivity contribution in [3.05, 3.63) is 65.5 Å². The largest absolute Gasteiger partial charge is 0.491 e. The number of ether oxygens (including phenoxy) is 1. The Morgan fingerprint density at radius 2 is 1.74 bits per heavy atom. The van der Waals surface area contributed by atoms with Crippen LogP contribution in [0.5, 0.6) is 5.75 Å². The van der Waals surface area contributed by atoms with Crippen molar-refractivity contribution in [3.8, 4) is 11.4 Å². The predicted octanol–water partition coefficient (Wildman–Crippen LogP) is 3.26. The van der Waals surface area contributed by atoms with Gasteiger partial charge in [0, 0.05) is 24.9 Å². The Morgan fingerprint density at radius 1 is 1.00 bits per heavy atom. The number of amides is 2. The van der Waals surface area contributed by atoms with Crippen LogP contribution in [-0.4, -0.2) is 61.3 Å². The van der Waals surface area contributed by atoms with Gasteiger partial charge in [-0.25, -0.2) is 13.1 Å². The Morgan fingerprint density at radius 3 is 2.42 bits per heavy atom. The summed E-state index contributed by atoms with van der Waals surface area (Å²) in [5.74, 6) is -0.296. The number of alkyl halides is 1. The van der Waals surface area contributed by atoms with E-state index in [1.165, 1.54) is 23.0 Å². The zero-order valence-corrected chi connectivity index (χ0v) is 22.3. The molecule has 204 valence electrons. The fourth-order valence-corrected chi connectivity index (χ4v) is 4.20. The second-order valence-corrected chi connectivity index (χ2v) is 10.7. The highest BCUT2D eigenvalue weighted by Gasteiger charge is 2.16. The molecule has 3 rings (SSSR count). The van der Waals surface area contributed by atoms with Gasteiger partial charge in [-0.3, -0.25) is 14.0 Å². The molecule has 0 radical (unpaired) electrons. The number of benzene rings is 2. The van der Waals surface area contributed by atoms with Crippen LogP contribution in [0.3, 0.4) is 0 Å². The molecule has 0 aliphatic heterocycles. The van der Waals surface area contributed by atoms with Crippen LogP contribution >= 0.6 is 0 Å². The molecule has 12 heteroatoms. The number of unbranched alkanes of at least 4 members (excludes halogenated alkanes) is 3. The molecule has 0 saturated carbocycles. The topological polar surface area (TPSA) is 132 Å². The molecule has 10 nitrogen and oxygen atoms in total. The number of nitrogens with one attached hydrogen (secondary N) is 2. The Labute approximate surface area is 221 Å². The molecular weight excluding hydrogens is 513 g/mol. The average molecular weight is 546 g/mol. The summed E-state index contributed by atoms with van der Waals surface area (Å²) in [4.78, 5) is 25.2. The van der Waals surface area contributed by atoms with Gasteiger partial charge in [0.15, 0.2) is 15.5 Å². The summed E-state index contributed by atoms with van der Waals surface area (Å²) in [6.07, 6.45) is 5.42. The summed E-state index contributed by atoms with van der Waals surface area (Å²) in [7, 11) is -3.30. The van der Waals surface area contributed by atoms with Gasteiger partial charge in [0.1, 0.15) is 11.4 Å². The molecular formula is C26H32FN5O5S. The second kappa shape index (κ2) is 13.7. The molecule has 0 atom stereocenters. The molecule has 38 heavy (non-hydrogen) atoms. The highest BCUT2D eigenvalue weighted by Crippen LogP contribution is 2.25. The van der Waals surface area contributed by atoms with Crippen molar-refractivity contribution < 1.29 is 27.1 Å². The lowest BCUT2D eigenvalue weighted by Gasteiger charge is -2.13. The van der Waals surface area contributed by atoms with Gasteiger partial charge in [0.25, 0.3) is 11.8 Å². The second-order valence-electron chi connectivity index (χ2n) is 8.64. The van der Waals surface area contributed by atoms with Crippen molar-refractivity contribution in [3.63, 3.8) is 0 Å². The SMILES string of the molecule is CCNC(=O)c1ccc(-n2cc(C(=O)NCc3ccc(S(C)(=O)=O)cc3)nn2)c(OCCCCCCF)c1. The summed E-state index contributed by atoms with van der Waals surface area (Å²) >= 11 is 0. The third-order valence-corrected chi connectivity index (χ3v) is 6.75. The maximum Gasteiger partial charge on any atom is 0.273 e. The lowest BCUT2D eigenvalue weighted by atomic mass is 10.1. The van der Waals surface area contributed by atoms with E-state index in [4.69, 9.17) is 4.74 Å². The Balaban J connectivity index is 1.71. The van der Waals surface area contributed by atoms with Gasteiger partial charge in [-0.2, -0.15) is 0 Å². The normalized spacial score (nSPS) is 11.2. The van der Waals surface area contributed by atoms with Crippen LogP contribution < -0.4 is 15.4 Å². The fraction of sp³-hybridized carbons (Fsp3) is 0.385. The van der Waals surface area contributed by atoms with Crippen LogP contribution in [0.15, 0.2) is 53.6 Å². The lowest BCUT2D eigenvalue weighted by Crippen LogP contribution is -2.23. The van der Waals surface area contributed by atoms with E-state index in [0.29, 0.717) is 36.6 Å². The van der Waals surface area contributed by atoms with Gasteiger partial charge in [-0.1, -0.05) is 23.8 Å². The zero-order chi connectivity index (χ0) is 27.5. The quantitative estimate of drug-likeness (QED) is 0.297. The maximum atomic E-state index is 12.7. The molecule has 1 heterocycles. The summed E-state index contributed by atoms with van der Waals surface area (Å²) < 4.78 is 42.9. The van der Waals surface area contributed by atoms with Gasteiger partial charge in [0.2, 0.25) is 0 Å². The van der Waals surface area contributed by atoms with E-state index in [0.717, 1.165) is 31.1 Å². The summed E-state index contributed by atoms with van der Waals surface area (Å²) in [6.45, 7) is 2.52. The van der Waals surface area contributed by atoms with Crippen molar-refractivity contribution >= 4 is 21.7 Å². The molecule has 0 aliphatic rings. The van der Waals surface area contributed by atoms with Crippen LogP contribution in [0.2, 0.25) is 0 Å². The third kappa shape index (κ3) is 8.10. The smallest absolute Gasteiger partial charge is 0.273 e. The monoisotopic (exact) mass is 545 g/mol. The van der Waals surface area contributed by atoms with Crippen LogP contribution in [0.1, 0.15) is 59.0 Å². The third-order valence-electron chi connectivity index (χ3n) is 5.62. The van der Waals surface area contributed by atoms with E-state index in [2.05, 4.69) is 20.9 Å². The summed E-state index contributed by atoms with van der Waals surface area (Å²) in [5.41, 5.74) is 1.72. The summed E-state index contributed by atoms with van der Waals surface area (Å²) in [5, 5.41) is 13.5. The van der Waals surface area contributed by atoms with E-state index in [1.807, 2.05) is 6.92 Å². The predicted molar refractivity (Wildman–Crippen MR) is 140 cm³/mol. The number of hydrogen-bond acceptors (Lipinski definition) is 7. The van der Waals surface area contributed by atoms with Gasteiger partial charge in [-0.15, -0.1) is 5.10 Å². The molecule has 3 aromatic rings. The van der Waals surface area contributed by atoms with Gasteiger partial charge in [0.05, 0.1) is 24.4 Å². The molecule has 2 N–H and O–H groups in total. The van der Waals surface area contributed by atoms with E-state index < -0.39 is 15.7 Å². The maximum absolute atomic E-state index is 12.7. The fourth-order valence-electron chi connectivity index (χ4n) is 3.57. The van der Waals surface area contributed by atoms with Gasteiger partial charge >= 0.3 is 0 Å². The van der Waals surface area contributed by atoms with Crippen molar-refractivity contribution in [1.82, 2.24) is 25.6 Å². The Hall–Kier alpha value is -3.80. The minimum Gasteiger partial charge on any atom is -0.491 e. The highest BCUT2D eigenvalue weighted by atomic mass is 32.2. The Kier molecular flexibility index (Phi) is 10.3. The molecule has 2 amide bonds. The molecule has 0 saturated heterocycles. The molecule has 0 spiro atoms. The molecule has 0 bridgehead atoms. The van der Waals surface area contributed by atoms with Crippen LogP contribution in [0.25, 0.3) is 5.69 Å². The molecule has 2 aromatic carbocycles. The number of hydrogen-bond donors (Lipinski definition) is 2. The number of sulfone groups is 1. The molecule has 0 aliphatic carbocycles. The first kappa shape index (κ1) is 28.8. The Bertz CT molecular complexity index is 1340. The first-order valence-electron chi connectivity index (χ1n) is 12.3. The van der Waals surface area contributed by atoms with Crippen LogP contribution in [-0.2, 0) is 16.4 Å². The van der Waals surface area contributed by atoms with E-state index in [9.17, 15) is 22.4 Å². The van der Waals surface area contributed by atoms with E-state index in [1.54, 1.807) is 30.3 Å². The first-order chi connectivity index (χ1) is 18.2. The highest BCUT2D eigenvalue weighted by molar-refractivity contribution is 7.90. The summed E-state index contributed by atoms with van der Waals surface area (Å²) in [6, 6.07) is 11.2. The van der Waals surface area contributed by atoms with Crippen molar-refractivity contribution in [2.45, 2.75) is 44.0 Å². The average Bonchev–Trinajstić information content (AvgIpc) is 3.39. The van der Waals surface area contributed by atoms with Crippen molar-refractivity contribution in [1.29, 1.82) is 0 Å². The molecule has 0 fully saturated rings. The number of nitrogens with zero attached hydrogens (tertiary/aromatic N) is 3. The standard InChI is InChI=1S/C26H32FN5O5S/c1-3-28-25(33)20-10-13-23(24(16-20)37-15-7-5-4-6-14-27)32-18-22(30-31-32)26(34)29-17-19-8-11-21(12-9-19)38(2,35)36/h8-13,16,18H,3-7,14-15,17H2,1-2H3,(H,28,33)(H,29,34). The van der Waals surface area contributed by atoms with Gasteiger partial charge in [-0.05, 0) is 62.1 Å². The van der Waals surface area contributed by atoms with E-state index in [-0.39, 0.29) is 29.7 Å². The molecule has 1 aromatic heterocycles. The van der Waals surface area contributed by atoms with Gasteiger partial charge < -0.3 is 15.4 Å². The van der Waals surface area contributed by atoms with Crippen molar-refractivity contribution in [2.75, 3.05) is 26.1 Å². The van der Waals surface area contributed by atoms with Crippen LogP contribution in [0.4, 0.5) is 4.39 Å². The number of rotatable bonds is 14. The van der Waals surface area contributed by atoms with Crippen LogP contribution in [0, 0.1) is 0 Å². The number of carbonyl (C=O) groups is 2. The zero-order valence-electron chi connectivity index (χ0n) is 21.4. The molecule has 0 unspecified atom stereocenters. The lowest BCUT2D eigenvalue weighted by molar-refractivity contribution is 0.0941. The first-order valence-corrected chi connectivity index (χ1v) is 14.2. The number of carbonyl (C=O) groups excluding carboxylic acids is 2.